The number of nitrogens with two attached hydrogens (primary N) is 1. The number of hydrogen-bond donors (Lipinski definition) is 1. The van der Waals surface area contributed by atoms with Gasteiger partial charge in [0.15, 0.2) is 4.21 Å². The maximum Gasteiger partial charge on any atom is 0.248 e. The van der Waals surface area contributed by atoms with E-state index in [9.17, 15) is 16.8 Å². The smallest absolute Gasteiger partial charge is 0.248 e. The van der Waals surface area contributed by atoms with E-state index in [1.807, 2.05) is 4.90 Å². The minimum Gasteiger partial charge on any atom is -0.378 e. The summed E-state index contributed by atoms with van der Waals surface area (Å²) >= 11 is 0.890. The standard InChI is InChI=1S/C12H21N3O5S3/c1-3-15(4-2)23(18,19)10-9-11(14-5-7-20-8-6-14)21-12(10)22(13,16)17/h9H,3-8H2,1-2H3,(H2,13,16,17). The highest BCUT2D eigenvalue weighted by atomic mass is 32.2. The number of hydrogen-bond acceptors (Lipinski definition) is 7. The maximum absolute atomic E-state index is 12.7. The minimum atomic E-state index is -4.13. The van der Waals surface area contributed by atoms with Crippen LogP contribution in [-0.2, 0) is 24.8 Å². The number of sulfonamides is 2. The summed E-state index contributed by atoms with van der Waals surface area (Å²) in [7, 11) is -8.04. The molecule has 0 atom stereocenters. The van der Waals surface area contributed by atoms with Crippen molar-refractivity contribution in [2.45, 2.75) is 23.0 Å². The molecule has 0 aliphatic carbocycles. The van der Waals surface area contributed by atoms with Crippen LogP contribution in [0.15, 0.2) is 15.2 Å². The van der Waals surface area contributed by atoms with Gasteiger partial charge in [0.1, 0.15) is 4.90 Å². The third kappa shape index (κ3) is 3.86. The van der Waals surface area contributed by atoms with Crippen molar-refractivity contribution in [3.8, 4) is 0 Å². The van der Waals surface area contributed by atoms with Gasteiger partial charge in [-0.25, -0.2) is 22.0 Å². The molecule has 1 saturated heterocycles. The molecule has 132 valence electrons. The van der Waals surface area contributed by atoms with Crippen LogP contribution in [0, 0.1) is 0 Å². The highest BCUT2D eigenvalue weighted by Gasteiger charge is 2.32. The van der Waals surface area contributed by atoms with Gasteiger partial charge in [-0.15, -0.1) is 11.3 Å². The average molecular weight is 384 g/mol. The van der Waals surface area contributed by atoms with Gasteiger partial charge in [-0.3, -0.25) is 0 Å². The summed E-state index contributed by atoms with van der Waals surface area (Å²) in [6, 6.07) is 1.41. The van der Waals surface area contributed by atoms with Gasteiger partial charge in [-0.2, -0.15) is 4.31 Å². The molecule has 1 aromatic heterocycles. The van der Waals surface area contributed by atoms with Crippen molar-refractivity contribution in [2.75, 3.05) is 44.3 Å². The van der Waals surface area contributed by atoms with E-state index in [0.29, 0.717) is 31.3 Å². The topological polar surface area (TPSA) is 110 Å². The molecule has 8 nitrogen and oxygen atoms in total. The number of nitrogens with zero attached hydrogens (tertiary/aromatic N) is 2. The van der Waals surface area contributed by atoms with E-state index < -0.39 is 20.0 Å². The molecular weight excluding hydrogens is 362 g/mol. The van der Waals surface area contributed by atoms with Gasteiger partial charge in [0.25, 0.3) is 0 Å². The van der Waals surface area contributed by atoms with Crippen LogP contribution in [0.4, 0.5) is 5.00 Å². The summed E-state index contributed by atoms with van der Waals surface area (Å²) in [6.45, 7) is 6.10. The van der Waals surface area contributed by atoms with Crippen molar-refractivity contribution >= 4 is 36.4 Å². The fourth-order valence-electron chi connectivity index (χ4n) is 2.37. The molecule has 0 unspecified atom stereocenters. The number of rotatable bonds is 6. The quantitative estimate of drug-likeness (QED) is 0.755. The third-order valence-corrected chi connectivity index (χ3v) is 8.56. The summed E-state index contributed by atoms with van der Waals surface area (Å²) < 4.78 is 55.3. The van der Waals surface area contributed by atoms with Crippen LogP contribution in [0.1, 0.15) is 13.8 Å². The monoisotopic (exact) mass is 383 g/mol. The van der Waals surface area contributed by atoms with Crippen LogP contribution in [0.3, 0.4) is 0 Å². The Balaban J connectivity index is 2.55. The summed E-state index contributed by atoms with van der Waals surface area (Å²) in [5.41, 5.74) is 0. The van der Waals surface area contributed by atoms with Crippen molar-refractivity contribution < 1.29 is 21.6 Å². The van der Waals surface area contributed by atoms with Crippen molar-refractivity contribution in [1.29, 1.82) is 0 Å². The van der Waals surface area contributed by atoms with Gasteiger partial charge in [-0.05, 0) is 6.07 Å². The van der Waals surface area contributed by atoms with E-state index in [0.717, 1.165) is 11.3 Å². The maximum atomic E-state index is 12.7. The molecule has 0 aromatic carbocycles. The second-order valence-corrected chi connectivity index (χ2v) is 9.66. The first kappa shape index (κ1) is 18.6. The highest BCUT2D eigenvalue weighted by Crippen LogP contribution is 2.37. The Labute approximate surface area is 140 Å². The molecule has 0 spiro atoms. The summed E-state index contributed by atoms with van der Waals surface area (Å²) in [6.07, 6.45) is 0. The van der Waals surface area contributed by atoms with Crippen LogP contribution in [-0.4, -0.2) is 60.5 Å². The molecule has 0 saturated carbocycles. The van der Waals surface area contributed by atoms with E-state index in [1.165, 1.54) is 10.4 Å². The number of morpholine rings is 1. The Bertz CT molecular complexity index is 747. The van der Waals surface area contributed by atoms with Crippen molar-refractivity contribution in [2.24, 2.45) is 5.14 Å². The van der Waals surface area contributed by atoms with Crippen LogP contribution < -0.4 is 10.0 Å². The van der Waals surface area contributed by atoms with E-state index >= 15 is 0 Å². The molecule has 0 radical (unpaired) electrons. The van der Waals surface area contributed by atoms with Crippen LogP contribution in [0.5, 0.6) is 0 Å². The molecule has 2 N–H and O–H groups in total. The first-order chi connectivity index (χ1) is 10.7. The van der Waals surface area contributed by atoms with Gasteiger partial charge >= 0.3 is 0 Å². The summed E-state index contributed by atoms with van der Waals surface area (Å²) in [5.74, 6) is 0. The molecular formula is C12H21N3O5S3. The minimum absolute atomic E-state index is 0.241. The molecule has 1 aromatic rings. The van der Waals surface area contributed by atoms with Gasteiger partial charge in [0.05, 0.1) is 18.2 Å². The van der Waals surface area contributed by atoms with Crippen LogP contribution in [0.2, 0.25) is 0 Å². The van der Waals surface area contributed by atoms with E-state index in [4.69, 9.17) is 9.88 Å². The Hall–Kier alpha value is -0.720. The number of thiophene rings is 1. The zero-order valence-corrected chi connectivity index (χ0v) is 15.5. The predicted molar refractivity (Wildman–Crippen MR) is 88.8 cm³/mol. The molecule has 1 aliphatic rings. The van der Waals surface area contributed by atoms with Gasteiger partial charge in [-0.1, -0.05) is 13.8 Å². The first-order valence-electron chi connectivity index (χ1n) is 7.21. The zero-order valence-electron chi connectivity index (χ0n) is 13.1. The second kappa shape index (κ2) is 7.03. The molecule has 1 aliphatic heterocycles. The average Bonchev–Trinajstić information content (AvgIpc) is 2.95. The van der Waals surface area contributed by atoms with Crippen molar-refractivity contribution in [1.82, 2.24) is 4.31 Å². The van der Waals surface area contributed by atoms with E-state index in [1.54, 1.807) is 13.8 Å². The lowest BCUT2D eigenvalue weighted by Gasteiger charge is -2.27. The SMILES string of the molecule is CCN(CC)S(=O)(=O)c1cc(N2CCOCC2)sc1S(N)(=O)=O. The summed E-state index contributed by atoms with van der Waals surface area (Å²) in [5, 5.41) is 5.81. The van der Waals surface area contributed by atoms with Crippen molar-refractivity contribution in [3.05, 3.63) is 6.07 Å². The highest BCUT2D eigenvalue weighted by molar-refractivity contribution is 7.94. The first-order valence-corrected chi connectivity index (χ1v) is 11.0. The van der Waals surface area contributed by atoms with Gasteiger partial charge < -0.3 is 9.64 Å². The second-order valence-electron chi connectivity index (χ2n) is 4.97. The Kier molecular flexibility index (Phi) is 5.69. The van der Waals surface area contributed by atoms with Crippen LogP contribution >= 0.6 is 11.3 Å². The lowest BCUT2D eigenvalue weighted by Crippen LogP contribution is -2.35. The third-order valence-electron chi connectivity index (χ3n) is 3.56. The largest absolute Gasteiger partial charge is 0.378 e. The summed E-state index contributed by atoms with van der Waals surface area (Å²) in [4.78, 5) is 1.67. The van der Waals surface area contributed by atoms with E-state index in [-0.39, 0.29) is 22.2 Å². The van der Waals surface area contributed by atoms with Crippen molar-refractivity contribution in [3.63, 3.8) is 0 Å². The fraction of sp³-hybridized carbons (Fsp3) is 0.667. The number of ether oxygens (including phenoxy) is 1. The molecule has 2 rings (SSSR count). The lowest BCUT2D eigenvalue weighted by atomic mass is 10.4. The normalized spacial score (nSPS) is 17.0. The van der Waals surface area contributed by atoms with Gasteiger partial charge in [0.2, 0.25) is 20.0 Å². The van der Waals surface area contributed by atoms with Crippen LogP contribution in [0.25, 0.3) is 0 Å². The predicted octanol–water partition coefficient (Wildman–Crippen LogP) is 0.263. The molecule has 1 fully saturated rings. The number of anilines is 1. The molecule has 0 bridgehead atoms. The Morgan fingerprint density at radius 3 is 2.26 bits per heavy atom. The fourth-order valence-corrected chi connectivity index (χ4v) is 6.87. The molecule has 2 heterocycles. The van der Waals surface area contributed by atoms with Gasteiger partial charge in [0, 0.05) is 26.2 Å². The molecule has 0 amide bonds. The molecule has 23 heavy (non-hydrogen) atoms. The Morgan fingerprint density at radius 2 is 1.78 bits per heavy atom. The lowest BCUT2D eigenvalue weighted by molar-refractivity contribution is 0.123. The zero-order chi connectivity index (χ0) is 17.3. The Morgan fingerprint density at radius 1 is 1.22 bits per heavy atom. The van der Waals surface area contributed by atoms with E-state index in [2.05, 4.69) is 0 Å². The molecule has 11 heteroatoms. The number of primary sulfonamides is 1.